The molecule has 0 aliphatic rings. The molecule has 0 atom stereocenters. The third-order valence-electron chi connectivity index (χ3n) is 2.13. The molecule has 1 rings (SSSR count). The SMILES string of the molecule is CCOC(=O)CCC(=O)Nc1cc(F)c(F)c(F)c1. The van der Waals surface area contributed by atoms with Crippen LogP contribution in [0.2, 0.25) is 0 Å². The van der Waals surface area contributed by atoms with Crippen molar-refractivity contribution in [3.63, 3.8) is 0 Å². The van der Waals surface area contributed by atoms with E-state index in [0.717, 1.165) is 0 Å². The number of hydrogen-bond acceptors (Lipinski definition) is 3. The second-order valence-corrected chi connectivity index (χ2v) is 3.61. The van der Waals surface area contributed by atoms with Crippen LogP contribution in [0.15, 0.2) is 12.1 Å². The first-order chi connectivity index (χ1) is 8.93. The first-order valence-corrected chi connectivity index (χ1v) is 5.54. The van der Waals surface area contributed by atoms with Crippen molar-refractivity contribution in [3.8, 4) is 0 Å². The van der Waals surface area contributed by atoms with Crippen LogP contribution in [0.4, 0.5) is 18.9 Å². The fraction of sp³-hybridized carbons (Fsp3) is 0.333. The molecule has 0 saturated carbocycles. The molecule has 7 heteroatoms. The number of ether oxygens (including phenoxy) is 1. The van der Waals surface area contributed by atoms with E-state index in [2.05, 4.69) is 10.1 Å². The van der Waals surface area contributed by atoms with E-state index in [1.165, 1.54) is 0 Å². The van der Waals surface area contributed by atoms with Gasteiger partial charge in [0.2, 0.25) is 5.91 Å². The average Bonchev–Trinajstić information content (AvgIpc) is 2.34. The third-order valence-corrected chi connectivity index (χ3v) is 2.13. The second kappa shape index (κ2) is 6.77. The van der Waals surface area contributed by atoms with Gasteiger partial charge >= 0.3 is 5.97 Å². The number of halogens is 3. The molecule has 4 nitrogen and oxygen atoms in total. The van der Waals surface area contributed by atoms with Crippen molar-refractivity contribution in [2.45, 2.75) is 19.8 Å². The summed E-state index contributed by atoms with van der Waals surface area (Å²) in [5, 5.41) is 2.15. The number of benzene rings is 1. The molecule has 1 aromatic rings. The fourth-order valence-corrected chi connectivity index (χ4v) is 1.30. The van der Waals surface area contributed by atoms with Crippen LogP contribution in [-0.2, 0) is 14.3 Å². The van der Waals surface area contributed by atoms with Gasteiger partial charge in [-0.2, -0.15) is 0 Å². The Kier molecular flexibility index (Phi) is 5.35. The van der Waals surface area contributed by atoms with Gasteiger partial charge in [0, 0.05) is 24.2 Å². The first-order valence-electron chi connectivity index (χ1n) is 5.54. The minimum Gasteiger partial charge on any atom is -0.466 e. The number of carbonyl (C=O) groups excluding carboxylic acids is 2. The number of anilines is 1. The molecule has 104 valence electrons. The van der Waals surface area contributed by atoms with Crippen molar-refractivity contribution in [2.75, 3.05) is 11.9 Å². The molecule has 0 radical (unpaired) electrons. The summed E-state index contributed by atoms with van der Waals surface area (Å²) in [6.07, 6.45) is -0.342. The molecule has 0 aromatic heterocycles. The van der Waals surface area contributed by atoms with Crippen molar-refractivity contribution in [1.29, 1.82) is 0 Å². The van der Waals surface area contributed by atoms with Crippen LogP contribution in [-0.4, -0.2) is 18.5 Å². The predicted molar refractivity (Wildman–Crippen MR) is 60.8 cm³/mol. The lowest BCUT2D eigenvalue weighted by molar-refractivity contribution is -0.144. The molecule has 1 N–H and O–H groups in total. The number of esters is 1. The van der Waals surface area contributed by atoms with Crippen LogP contribution < -0.4 is 5.32 Å². The molecule has 0 saturated heterocycles. The van der Waals surface area contributed by atoms with Gasteiger partial charge in [0.15, 0.2) is 17.5 Å². The molecular formula is C12H12F3NO3. The Bertz CT molecular complexity index is 468. The van der Waals surface area contributed by atoms with Gasteiger partial charge in [-0.1, -0.05) is 0 Å². The van der Waals surface area contributed by atoms with Crippen molar-refractivity contribution in [1.82, 2.24) is 0 Å². The summed E-state index contributed by atoms with van der Waals surface area (Å²) >= 11 is 0. The van der Waals surface area contributed by atoms with E-state index in [-0.39, 0.29) is 25.1 Å². The Labute approximate surface area is 107 Å². The van der Waals surface area contributed by atoms with Gasteiger partial charge in [0.1, 0.15) is 0 Å². The van der Waals surface area contributed by atoms with Gasteiger partial charge in [-0.25, -0.2) is 13.2 Å². The van der Waals surface area contributed by atoms with Gasteiger partial charge in [-0.3, -0.25) is 9.59 Å². The maximum Gasteiger partial charge on any atom is 0.306 e. The minimum atomic E-state index is -1.61. The lowest BCUT2D eigenvalue weighted by atomic mass is 10.2. The molecule has 0 aliphatic carbocycles. The quantitative estimate of drug-likeness (QED) is 0.663. The van der Waals surface area contributed by atoms with Crippen LogP contribution in [0, 0.1) is 17.5 Å². The monoisotopic (exact) mass is 275 g/mol. The molecular weight excluding hydrogens is 263 g/mol. The van der Waals surface area contributed by atoms with E-state index in [9.17, 15) is 22.8 Å². The van der Waals surface area contributed by atoms with E-state index < -0.39 is 29.3 Å². The predicted octanol–water partition coefficient (Wildman–Crippen LogP) is 2.39. The topological polar surface area (TPSA) is 55.4 Å². The van der Waals surface area contributed by atoms with Crippen LogP contribution in [0.3, 0.4) is 0 Å². The number of carbonyl (C=O) groups is 2. The number of amides is 1. The summed E-state index contributed by atoms with van der Waals surface area (Å²) in [7, 11) is 0. The first kappa shape index (κ1) is 15.0. The summed E-state index contributed by atoms with van der Waals surface area (Å²) in [6.45, 7) is 1.83. The van der Waals surface area contributed by atoms with Gasteiger partial charge < -0.3 is 10.1 Å². The van der Waals surface area contributed by atoms with Crippen LogP contribution in [0.1, 0.15) is 19.8 Å². The van der Waals surface area contributed by atoms with Crippen molar-refractivity contribution in [3.05, 3.63) is 29.6 Å². The Morgan fingerprint density at radius 3 is 2.26 bits per heavy atom. The highest BCUT2D eigenvalue weighted by Gasteiger charge is 2.13. The molecule has 0 bridgehead atoms. The van der Waals surface area contributed by atoms with E-state index in [4.69, 9.17) is 0 Å². The van der Waals surface area contributed by atoms with Crippen LogP contribution >= 0.6 is 0 Å². The summed E-state index contributed by atoms with van der Waals surface area (Å²) in [6, 6.07) is 1.31. The molecule has 1 amide bonds. The number of rotatable bonds is 5. The standard InChI is InChI=1S/C12H12F3NO3/c1-2-19-11(18)4-3-10(17)16-7-5-8(13)12(15)9(14)6-7/h5-6H,2-4H2,1H3,(H,16,17). The lowest BCUT2D eigenvalue weighted by Crippen LogP contribution is -2.15. The Morgan fingerprint density at radius 2 is 1.74 bits per heavy atom. The molecule has 0 fully saturated rings. The van der Waals surface area contributed by atoms with Gasteiger partial charge in [-0.15, -0.1) is 0 Å². The zero-order valence-corrected chi connectivity index (χ0v) is 10.1. The fourth-order valence-electron chi connectivity index (χ4n) is 1.30. The van der Waals surface area contributed by atoms with Crippen LogP contribution in [0.5, 0.6) is 0 Å². The maximum atomic E-state index is 12.9. The summed E-state index contributed by atoms with van der Waals surface area (Å²) in [5.41, 5.74) is -0.217. The minimum absolute atomic E-state index is 0.147. The van der Waals surface area contributed by atoms with E-state index in [1.54, 1.807) is 6.92 Å². The zero-order valence-electron chi connectivity index (χ0n) is 10.1. The average molecular weight is 275 g/mol. The van der Waals surface area contributed by atoms with E-state index in [0.29, 0.717) is 12.1 Å². The third kappa shape index (κ3) is 4.61. The Hall–Kier alpha value is -2.05. The highest BCUT2D eigenvalue weighted by molar-refractivity contribution is 5.92. The van der Waals surface area contributed by atoms with Gasteiger partial charge in [-0.05, 0) is 6.92 Å². The lowest BCUT2D eigenvalue weighted by Gasteiger charge is -2.06. The summed E-state index contributed by atoms with van der Waals surface area (Å²) in [5.74, 6) is -5.58. The van der Waals surface area contributed by atoms with Gasteiger partial charge in [0.25, 0.3) is 0 Å². The van der Waals surface area contributed by atoms with Crippen molar-refractivity contribution in [2.24, 2.45) is 0 Å². The molecule has 19 heavy (non-hydrogen) atoms. The van der Waals surface area contributed by atoms with Crippen molar-refractivity contribution < 1.29 is 27.5 Å². The normalized spacial score (nSPS) is 10.1. The van der Waals surface area contributed by atoms with E-state index >= 15 is 0 Å². The number of nitrogens with one attached hydrogen (secondary N) is 1. The van der Waals surface area contributed by atoms with E-state index in [1.807, 2.05) is 0 Å². The Morgan fingerprint density at radius 1 is 1.16 bits per heavy atom. The molecule has 0 heterocycles. The van der Waals surface area contributed by atoms with Crippen molar-refractivity contribution >= 4 is 17.6 Å². The second-order valence-electron chi connectivity index (χ2n) is 3.61. The molecule has 0 spiro atoms. The summed E-state index contributed by atoms with van der Waals surface area (Å²) in [4.78, 5) is 22.4. The molecule has 0 unspecified atom stereocenters. The summed E-state index contributed by atoms with van der Waals surface area (Å²) < 4.78 is 43.0. The Balaban J connectivity index is 2.55. The molecule has 0 aliphatic heterocycles. The number of hydrogen-bond donors (Lipinski definition) is 1. The zero-order chi connectivity index (χ0) is 14.4. The highest BCUT2D eigenvalue weighted by Crippen LogP contribution is 2.17. The van der Waals surface area contributed by atoms with Crippen LogP contribution in [0.25, 0.3) is 0 Å². The smallest absolute Gasteiger partial charge is 0.306 e. The highest BCUT2D eigenvalue weighted by atomic mass is 19.2. The molecule has 1 aromatic carbocycles. The maximum absolute atomic E-state index is 12.9. The largest absolute Gasteiger partial charge is 0.466 e. The van der Waals surface area contributed by atoms with Gasteiger partial charge in [0.05, 0.1) is 13.0 Å².